The number of fused-ring (bicyclic) bond motifs is 1. The zero-order valence-corrected chi connectivity index (χ0v) is 16.4. The second-order valence-corrected chi connectivity index (χ2v) is 6.51. The molecule has 1 aromatic heterocycles. The molecule has 27 heavy (non-hydrogen) atoms. The van der Waals surface area contributed by atoms with Gasteiger partial charge in [0.25, 0.3) is 0 Å². The van der Waals surface area contributed by atoms with Crippen LogP contribution in [-0.4, -0.2) is 53.1 Å². The van der Waals surface area contributed by atoms with Crippen LogP contribution in [0.25, 0.3) is 6.08 Å². The number of carbonyl (C=O) groups excluding carboxylic acids is 1. The highest BCUT2D eigenvalue weighted by Crippen LogP contribution is 2.30. The summed E-state index contributed by atoms with van der Waals surface area (Å²) in [5.41, 5.74) is 1.76. The Morgan fingerprint density at radius 2 is 2.04 bits per heavy atom. The van der Waals surface area contributed by atoms with Crippen molar-refractivity contribution in [3.05, 3.63) is 35.2 Å². The molecule has 0 spiro atoms. The van der Waals surface area contributed by atoms with E-state index in [0.717, 1.165) is 5.56 Å². The number of aryl methyl sites for hydroxylation is 1. The lowest BCUT2D eigenvalue weighted by Gasteiger charge is -2.15. The van der Waals surface area contributed by atoms with E-state index in [0.29, 0.717) is 39.5 Å². The van der Waals surface area contributed by atoms with Crippen LogP contribution in [0, 0.1) is 6.92 Å². The van der Waals surface area contributed by atoms with Crippen LogP contribution < -0.4 is 9.47 Å². The normalized spacial score (nSPS) is 13.6. The molecule has 1 aliphatic rings. The van der Waals surface area contributed by atoms with Crippen molar-refractivity contribution in [2.45, 2.75) is 19.0 Å². The molecular formula is C18H20N4O4S. The van der Waals surface area contributed by atoms with Crippen molar-refractivity contribution in [3.8, 4) is 11.5 Å². The molecule has 0 fully saturated rings. The number of esters is 1. The molecule has 0 saturated carbocycles. The Labute approximate surface area is 161 Å². The maximum absolute atomic E-state index is 12.6. The van der Waals surface area contributed by atoms with E-state index in [1.807, 2.05) is 13.0 Å². The molecule has 8 nitrogen and oxygen atoms in total. The summed E-state index contributed by atoms with van der Waals surface area (Å²) in [6.07, 6.45) is 1.74. The van der Waals surface area contributed by atoms with Crippen LogP contribution in [0.3, 0.4) is 0 Å². The smallest absolute Gasteiger partial charge is 0.340 e. The van der Waals surface area contributed by atoms with Crippen LogP contribution in [0.5, 0.6) is 11.5 Å². The minimum atomic E-state index is -0.430. The largest absolute Gasteiger partial charge is 0.493 e. The van der Waals surface area contributed by atoms with E-state index in [2.05, 4.69) is 15.3 Å². The van der Waals surface area contributed by atoms with Gasteiger partial charge in [-0.3, -0.25) is 0 Å². The molecule has 0 aliphatic carbocycles. The molecule has 2 heterocycles. The van der Waals surface area contributed by atoms with Crippen LogP contribution in [-0.2, 0) is 9.53 Å². The van der Waals surface area contributed by atoms with Gasteiger partial charge in [-0.1, -0.05) is 17.8 Å². The summed E-state index contributed by atoms with van der Waals surface area (Å²) in [6, 6.07) is 5.42. The summed E-state index contributed by atoms with van der Waals surface area (Å²) >= 11 is 1.47. The number of hydrogen-bond acceptors (Lipinski definition) is 8. The van der Waals surface area contributed by atoms with Gasteiger partial charge in [0, 0.05) is 5.75 Å². The maximum Gasteiger partial charge on any atom is 0.340 e. The molecule has 142 valence electrons. The Kier molecular flexibility index (Phi) is 5.80. The van der Waals surface area contributed by atoms with E-state index in [1.165, 1.54) is 11.8 Å². The predicted molar refractivity (Wildman–Crippen MR) is 102 cm³/mol. The summed E-state index contributed by atoms with van der Waals surface area (Å²) in [4.78, 5) is 12.6. The summed E-state index contributed by atoms with van der Waals surface area (Å²) in [5, 5.41) is 13.3. The van der Waals surface area contributed by atoms with Gasteiger partial charge in [0.05, 0.1) is 32.1 Å². The first-order chi connectivity index (χ1) is 13.1. The monoisotopic (exact) mass is 388 g/mol. The van der Waals surface area contributed by atoms with Crippen LogP contribution in [0.1, 0.15) is 18.3 Å². The lowest BCUT2D eigenvalue weighted by Crippen LogP contribution is -2.21. The fraction of sp³-hybridized carbons (Fsp3) is 0.333. The van der Waals surface area contributed by atoms with Crippen molar-refractivity contribution in [1.82, 2.24) is 14.9 Å². The van der Waals surface area contributed by atoms with E-state index in [9.17, 15) is 4.79 Å². The van der Waals surface area contributed by atoms with Gasteiger partial charge in [-0.05, 0) is 37.6 Å². The van der Waals surface area contributed by atoms with Gasteiger partial charge in [0.2, 0.25) is 5.16 Å². The lowest BCUT2D eigenvalue weighted by molar-refractivity contribution is -0.137. The summed E-state index contributed by atoms with van der Waals surface area (Å²) in [5.74, 6) is 1.91. The van der Waals surface area contributed by atoms with Crippen molar-refractivity contribution in [2.75, 3.05) is 26.6 Å². The van der Waals surface area contributed by atoms with Gasteiger partial charge < -0.3 is 14.2 Å². The van der Waals surface area contributed by atoms with Crippen molar-refractivity contribution in [3.63, 3.8) is 0 Å². The molecule has 0 saturated heterocycles. The second-order valence-electron chi connectivity index (χ2n) is 5.57. The predicted octanol–water partition coefficient (Wildman–Crippen LogP) is 2.56. The highest BCUT2D eigenvalue weighted by Gasteiger charge is 2.24. The van der Waals surface area contributed by atoms with Gasteiger partial charge in [0.1, 0.15) is 0 Å². The molecule has 1 aromatic carbocycles. The van der Waals surface area contributed by atoms with Crippen LogP contribution in [0.15, 0.2) is 34.0 Å². The Bertz CT molecular complexity index is 920. The zero-order chi connectivity index (χ0) is 19.4. The standard InChI is InChI=1S/C18H20N4O4S/c1-5-26-17(23)13(8-12-6-7-15(24-3)16(9-12)25-4)14-10-27-18-20-19-11(2)22(18)21-14/h6-9H,5,10H2,1-4H3/b13-8-. The highest BCUT2D eigenvalue weighted by molar-refractivity contribution is 7.99. The van der Waals surface area contributed by atoms with Crippen molar-refractivity contribution in [2.24, 2.45) is 5.10 Å². The van der Waals surface area contributed by atoms with Gasteiger partial charge in [0.15, 0.2) is 17.3 Å². The fourth-order valence-corrected chi connectivity index (χ4v) is 3.41. The average molecular weight is 388 g/mol. The molecule has 9 heteroatoms. The van der Waals surface area contributed by atoms with Crippen LogP contribution in [0.4, 0.5) is 0 Å². The first-order valence-corrected chi connectivity index (χ1v) is 9.29. The van der Waals surface area contributed by atoms with Gasteiger partial charge >= 0.3 is 5.97 Å². The quantitative estimate of drug-likeness (QED) is 0.555. The van der Waals surface area contributed by atoms with Gasteiger partial charge in [-0.15, -0.1) is 10.2 Å². The summed E-state index contributed by atoms with van der Waals surface area (Å²) < 4.78 is 17.5. The number of hydrogen-bond donors (Lipinski definition) is 0. The molecule has 1 aliphatic heterocycles. The third-order valence-electron chi connectivity index (χ3n) is 3.85. The van der Waals surface area contributed by atoms with Crippen molar-refractivity contribution < 1.29 is 19.0 Å². The first kappa shape index (κ1) is 19.0. The molecular weight excluding hydrogens is 368 g/mol. The summed E-state index contributed by atoms with van der Waals surface area (Å²) in [6.45, 7) is 3.86. The second kappa shape index (κ2) is 8.26. The Hall–Kier alpha value is -2.81. The third kappa shape index (κ3) is 3.97. The van der Waals surface area contributed by atoms with E-state index >= 15 is 0 Å². The van der Waals surface area contributed by atoms with Crippen LogP contribution in [0.2, 0.25) is 0 Å². The summed E-state index contributed by atoms with van der Waals surface area (Å²) in [7, 11) is 3.14. The molecule has 2 aromatic rings. The highest BCUT2D eigenvalue weighted by atomic mass is 32.2. The average Bonchev–Trinajstić information content (AvgIpc) is 3.06. The van der Waals surface area contributed by atoms with Gasteiger partial charge in [-0.25, -0.2) is 4.79 Å². The maximum atomic E-state index is 12.6. The fourth-order valence-electron chi connectivity index (χ4n) is 2.54. The number of carbonyl (C=O) groups is 1. The van der Waals surface area contributed by atoms with E-state index in [1.54, 1.807) is 44.0 Å². The number of methoxy groups -OCH3 is 2. The number of benzene rings is 1. The third-order valence-corrected chi connectivity index (χ3v) is 4.78. The lowest BCUT2D eigenvalue weighted by atomic mass is 10.1. The first-order valence-electron chi connectivity index (χ1n) is 8.31. The van der Waals surface area contributed by atoms with Gasteiger partial charge in [-0.2, -0.15) is 9.78 Å². The molecule has 3 rings (SSSR count). The molecule has 0 atom stereocenters. The SMILES string of the molecule is CCOC(=O)/C(=C\c1ccc(OC)c(OC)c1)C1=Nn2c(C)nnc2SC1. The molecule has 0 amide bonds. The Morgan fingerprint density at radius 1 is 1.26 bits per heavy atom. The zero-order valence-electron chi connectivity index (χ0n) is 15.6. The number of aromatic nitrogens is 3. The van der Waals surface area contributed by atoms with E-state index in [4.69, 9.17) is 14.2 Å². The van der Waals surface area contributed by atoms with Crippen LogP contribution >= 0.6 is 11.8 Å². The number of thioether (sulfide) groups is 1. The molecule has 0 N–H and O–H groups in total. The minimum Gasteiger partial charge on any atom is -0.493 e. The van der Waals surface area contributed by atoms with Crippen molar-refractivity contribution in [1.29, 1.82) is 0 Å². The molecule has 0 bridgehead atoms. The van der Waals surface area contributed by atoms with Crippen molar-refractivity contribution >= 4 is 29.5 Å². The Morgan fingerprint density at radius 3 is 2.74 bits per heavy atom. The number of ether oxygens (including phenoxy) is 3. The Balaban J connectivity index is 2.05. The van der Waals surface area contributed by atoms with E-state index in [-0.39, 0.29) is 6.61 Å². The number of rotatable bonds is 6. The molecule has 0 radical (unpaired) electrons. The van der Waals surface area contributed by atoms with E-state index < -0.39 is 5.97 Å². The minimum absolute atomic E-state index is 0.277. The topological polar surface area (TPSA) is 87.8 Å². The molecule has 0 unspecified atom stereocenters. The number of nitrogens with zero attached hydrogens (tertiary/aromatic N) is 4.